The first-order chi connectivity index (χ1) is 13.7. The summed E-state index contributed by atoms with van der Waals surface area (Å²) < 4.78 is 5.16. The number of rotatable bonds is 5. The van der Waals surface area contributed by atoms with Gasteiger partial charge in [-0.05, 0) is 71.1 Å². The molecule has 2 aliphatic rings. The molecular formula is C21H26ClN3O4. The monoisotopic (exact) mass is 419 g/mol. The molecule has 2 heterocycles. The van der Waals surface area contributed by atoms with Gasteiger partial charge in [-0.25, -0.2) is 9.69 Å². The fraction of sp³-hybridized carbons (Fsp3) is 0.476. The van der Waals surface area contributed by atoms with E-state index in [1.165, 1.54) is 12.1 Å². The molecule has 8 heteroatoms. The van der Waals surface area contributed by atoms with Gasteiger partial charge in [-0.1, -0.05) is 11.6 Å². The Kier molecular flexibility index (Phi) is 6.29. The SMILES string of the molecule is CC(C)OC(=O)c1ccc(N2C(=O)C(Cl)=C(N(C)C3CCN(C)CC3)C2=O)cc1. The summed E-state index contributed by atoms with van der Waals surface area (Å²) >= 11 is 6.29. The Morgan fingerprint density at radius 1 is 1.14 bits per heavy atom. The minimum absolute atomic E-state index is 0.0697. The molecule has 0 aromatic heterocycles. The van der Waals surface area contributed by atoms with Crippen LogP contribution in [0.25, 0.3) is 0 Å². The van der Waals surface area contributed by atoms with E-state index in [0.29, 0.717) is 11.3 Å². The van der Waals surface area contributed by atoms with Gasteiger partial charge in [0, 0.05) is 13.1 Å². The molecule has 0 unspecified atom stereocenters. The van der Waals surface area contributed by atoms with E-state index in [-0.39, 0.29) is 22.9 Å². The fourth-order valence-corrected chi connectivity index (χ4v) is 3.92. The van der Waals surface area contributed by atoms with Gasteiger partial charge in [0.15, 0.2) is 0 Å². The number of likely N-dealkylation sites (N-methyl/N-ethyl adjacent to an activating group) is 1. The summed E-state index contributed by atoms with van der Waals surface area (Å²) in [7, 11) is 3.88. The molecule has 1 aromatic carbocycles. The summed E-state index contributed by atoms with van der Waals surface area (Å²) in [5, 5.41) is -0.0697. The second-order valence-corrected chi connectivity index (χ2v) is 8.13. The van der Waals surface area contributed by atoms with Crippen molar-refractivity contribution in [2.75, 3.05) is 32.1 Å². The van der Waals surface area contributed by atoms with E-state index in [4.69, 9.17) is 16.3 Å². The molecule has 156 valence electrons. The van der Waals surface area contributed by atoms with Crippen LogP contribution in [0.4, 0.5) is 5.69 Å². The van der Waals surface area contributed by atoms with Gasteiger partial charge in [0.1, 0.15) is 10.7 Å². The lowest BCUT2D eigenvalue weighted by atomic mass is 10.0. The number of ether oxygens (including phenoxy) is 1. The molecule has 1 aromatic rings. The van der Waals surface area contributed by atoms with Crippen LogP contribution in [-0.4, -0.2) is 66.9 Å². The van der Waals surface area contributed by atoms with E-state index in [1.807, 2.05) is 11.9 Å². The minimum Gasteiger partial charge on any atom is -0.459 e. The molecule has 0 spiro atoms. The average Bonchev–Trinajstić information content (AvgIpc) is 2.90. The Morgan fingerprint density at radius 2 is 1.72 bits per heavy atom. The molecule has 0 saturated carbocycles. The smallest absolute Gasteiger partial charge is 0.338 e. The number of carbonyl (C=O) groups excluding carboxylic acids is 3. The molecule has 0 atom stereocenters. The van der Waals surface area contributed by atoms with Crippen LogP contribution in [0.5, 0.6) is 0 Å². The Hall–Kier alpha value is -2.38. The van der Waals surface area contributed by atoms with Crippen molar-refractivity contribution in [3.05, 3.63) is 40.6 Å². The molecule has 2 amide bonds. The standard InChI is InChI=1S/C21H26ClN3O4/c1-13(2)29-21(28)14-5-7-16(8-6-14)25-19(26)17(22)18(20(25)27)24(4)15-9-11-23(3)12-10-15/h5-8,13,15H,9-12H2,1-4H3. The van der Waals surface area contributed by atoms with Crippen molar-refractivity contribution in [3.8, 4) is 0 Å². The number of amides is 2. The van der Waals surface area contributed by atoms with Crippen molar-refractivity contribution in [2.24, 2.45) is 0 Å². The van der Waals surface area contributed by atoms with Gasteiger partial charge in [-0.15, -0.1) is 0 Å². The second kappa shape index (κ2) is 8.55. The Balaban J connectivity index is 1.78. The lowest BCUT2D eigenvalue weighted by molar-refractivity contribution is -0.121. The van der Waals surface area contributed by atoms with Gasteiger partial charge >= 0.3 is 5.97 Å². The normalized spacial score (nSPS) is 18.8. The number of carbonyl (C=O) groups is 3. The Morgan fingerprint density at radius 3 is 2.28 bits per heavy atom. The highest BCUT2D eigenvalue weighted by Gasteiger charge is 2.42. The van der Waals surface area contributed by atoms with Crippen molar-refractivity contribution < 1.29 is 19.1 Å². The van der Waals surface area contributed by atoms with Crippen LogP contribution in [0.15, 0.2) is 35.0 Å². The van der Waals surface area contributed by atoms with Crippen LogP contribution in [0.1, 0.15) is 37.0 Å². The van der Waals surface area contributed by atoms with Crippen LogP contribution in [0.3, 0.4) is 0 Å². The molecule has 0 N–H and O–H groups in total. The van der Waals surface area contributed by atoms with Crippen LogP contribution in [-0.2, 0) is 14.3 Å². The maximum absolute atomic E-state index is 13.1. The topological polar surface area (TPSA) is 70.2 Å². The predicted molar refractivity (Wildman–Crippen MR) is 111 cm³/mol. The number of imide groups is 1. The molecule has 2 aliphatic heterocycles. The Bertz CT molecular complexity index is 842. The van der Waals surface area contributed by atoms with Crippen LogP contribution in [0, 0.1) is 0 Å². The van der Waals surface area contributed by atoms with E-state index >= 15 is 0 Å². The number of hydrogen-bond donors (Lipinski definition) is 0. The highest BCUT2D eigenvalue weighted by molar-refractivity contribution is 6.52. The third-order valence-electron chi connectivity index (χ3n) is 5.30. The largest absolute Gasteiger partial charge is 0.459 e. The number of hydrogen-bond acceptors (Lipinski definition) is 6. The number of benzene rings is 1. The fourth-order valence-electron chi connectivity index (χ4n) is 3.63. The first-order valence-electron chi connectivity index (χ1n) is 9.71. The van der Waals surface area contributed by atoms with Gasteiger partial charge in [0.2, 0.25) is 0 Å². The quantitative estimate of drug-likeness (QED) is 0.539. The average molecular weight is 420 g/mol. The molecule has 0 bridgehead atoms. The van der Waals surface area contributed by atoms with Gasteiger partial charge in [-0.2, -0.15) is 0 Å². The van der Waals surface area contributed by atoms with Crippen molar-refractivity contribution in [1.82, 2.24) is 9.80 Å². The molecule has 7 nitrogen and oxygen atoms in total. The molecule has 0 aliphatic carbocycles. The van der Waals surface area contributed by atoms with Crippen LogP contribution in [0.2, 0.25) is 0 Å². The van der Waals surface area contributed by atoms with E-state index in [0.717, 1.165) is 30.8 Å². The highest BCUT2D eigenvalue weighted by Crippen LogP contribution is 2.33. The minimum atomic E-state index is -0.552. The van der Waals surface area contributed by atoms with Crippen molar-refractivity contribution in [1.29, 1.82) is 0 Å². The summed E-state index contributed by atoms with van der Waals surface area (Å²) in [6.07, 6.45) is 1.56. The number of piperidine rings is 1. The summed E-state index contributed by atoms with van der Waals surface area (Å²) in [6, 6.07) is 6.32. The Labute approximate surface area is 175 Å². The number of esters is 1. The van der Waals surface area contributed by atoms with Gasteiger partial charge < -0.3 is 14.5 Å². The van der Waals surface area contributed by atoms with Gasteiger partial charge in [-0.3, -0.25) is 9.59 Å². The third kappa shape index (κ3) is 4.31. The molecule has 1 fully saturated rings. The van der Waals surface area contributed by atoms with E-state index < -0.39 is 17.8 Å². The molecule has 1 saturated heterocycles. The number of anilines is 1. The molecule has 29 heavy (non-hydrogen) atoms. The first kappa shape index (κ1) is 21.3. The second-order valence-electron chi connectivity index (χ2n) is 7.75. The third-order valence-corrected chi connectivity index (χ3v) is 5.64. The lowest BCUT2D eigenvalue weighted by Crippen LogP contribution is -2.43. The van der Waals surface area contributed by atoms with Gasteiger partial charge in [0.25, 0.3) is 11.8 Å². The molecule has 0 radical (unpaired) electrons. The summed E-state index contributed by atoms with van der Waals surface area (Å²) in [5.41, 5.74) is 0.949. The van der Waals surface area contributed by atoms with E-state index in [1.54, 1.807) is 26.0 Å². The summed E-state index contributed by atoms with van der Waals surface area (Å²) in [6.45, 7) is 5.40. The van der Waals surface area contributed by atoms with Crippen LogP contribution < -0.4 is 4.90 Å². The maximum Gasteiger partial charge on any atom is 0.338 e. The maximum atomic E-state index is 13.1. The van der Waals surface area contributed by atoms with Crippen molar-refractivity contribution >= 4 is 35.1 Å². The van der Waals surface area contributed by atoms with Crippen molar-refractivity contribution in [3.63, 3.8) is 0 Å². The van der Waals surface area contributed by atoms with Crippen LogP contribution >= 0.6 is 11.6 Å². The lowest BCUT2D eigenvalue weighted by Gasteiger charge is -2.36. The molecule has 3 rings (SSSR count). The zero-order valence-electron chi connectivity index (χ0n) is 17.1. The predicted octanol–water partition coefficient (Wildman–Crippen LogP) is 2.60. The summed E-state index contributed by atoms with van der Waals surface area (Å²) in [5.74, 6) is -1.45. The first-order valence-corrected chi connectivity index (χ1v) is 10.1. The summed E-state index contributed by atoms with van der Waals surface area (Å²) in [4.78, 5) is 42.9. The van der Waals surface area contributed by atoms with E-state index in [2.05, 4.69) is 11.9 Å². The molecular weight excluding hydrogens is 394 g/mol. The highest BCUT2D eigenvalue weighted by atomic mass is 35.5. The number of halogens is 1. The van der Waals surface area contributed by atoms with E-state index in [9.17, 15) is 14.4 Å². The zero-order chi connectivity index (χ0) is 21.3. The van der Waals surface area contributed by atoms with Crippen molar-refractivity contribution in [2.45, 2.75) is 38.8 Å². The number of likely N-dealkylation sites (tertiary alicyclic amines) is 1. The van der Waals surface area contributed by atoms with Gasteiger partial charge in [0.05, 0.1) is 17.4 Å². The number of nitrogens with zero attached hydrogens (tertiary/aromatic N) is 3. The zero-order valence-corrected chi connectivity index (χ0v) is 17.9.